The normalized spacial score (nSPS) is 17.2. The minimum Gasteiger partial charge on any atom is -0.371 e. The molecule has 1 aliphatic rings. The van der Waals surface area contributed by atoms with E-state index >= 15 is 0 Å². The lowest BCUT2D eigenvalue weighted by Crippen LogP contribution is -2.07. The lowest BCUT2D eigenvalue weighted by atomic mass is 10.2. The highest BCUT2D eigenvalue weighted by atomic mass is 32.1. The summed E-state index contributed by atoms with van der Waals surface area (Å²) in [5.41, 5.74) is 0.695. The molecule has 124 valence electrons. The molecule has 1 atom stereocenters. The summed E-state index contributed by atoms with van der Waals surface area (Å²) in [6, 6.07) is 5.91. The maximum atomic E-state index is 11.9. The average Bonchev–Trinajstić information content (AvgIpc) is 3.24. The van der Waals surface area contributed by atoms with Crippen LogP contribution in [0.2, 0.25) is 0 Å². The molecule has 24 heavy (non-hydrogen) atoms. The molecular formula is C15H14N4O4S. The average molecular weight is 346 g/mol. The van der Waals surface area contributed by atoms with Crippen LogP contribution in [0.5, 0.6) is 0 Å². The molecule has 8 nitrogen and oxygen atoms in total. The standard InChI is InChI=1S/C15H14N4O4S/c20-13(8-5-10-3-6-11(7-4-10)19(21)22)16-15-18-17-14(24-15)12-2-1-9-23-12/h3-8,12H,1-2,9H2,(H,16,18,20)/b8-5+. The first-order chi connectivity index (χ1) is 11.6. The van der Waals surface area contributed by atoms with Gasteiger partial charge in [0.25, 0.3) is 5.69 Å². The van der Waals surface area contributed by atoms with E-state index in [1.807, 2.05) is 0 Å². The summed E-state index contributed by atoms with van der Waals surface area (Å²) in [4.78, 5) is 22.0. The molecule has 3 rings (SSSR count). The number of aromatic nitrogens is 2. The Kier molecular flexibility index (Phi) is 4.92. The molecule has 1 aliphatic heterocycles. The summed E-state index contributed by atoms with van der Waals surface area (Å²) < 4.78 is 5.52. The number of hydrogen-bond acceptors (Lipinski definition) is 7. The SMILES string of the molecule is O=C(/C=C/c1ccc([N+](=O)[O-])cc1)Nc1nnc(C2CCCO2)s1. The van der Waals surface area contributed by atoms with Crippen LogP contribution < -0.4 is 5.32 Å². The number of carbonyl (C=O) groups excluding carboxylic acids is 1. The lowest BCUT2D eigenvalue weighted by Gasteiger charge is -2.01. The predicted molar refractivity (Wildman–Crippen MR) is 88.6 cm³/mol. The zero-order valence-corrected chi connectivity index (χ0v) is 13.4. The number of amides is 1. The minimum atomic E-state index is -0.471. The Labute approximate surface area is 141 Å². The number of nitro groups is 1. The Morgan fingerprint density at radius 1 is 1.38 bits per heavy atom. The molecule has 1 saturated heterocycles. The van der Waals surface area contributed by atoms with Crippen molar-refractivity contribution in [3.05, 3.63) is 51.0 Å². The number of anilines is 1. The van der Waals surface area contributed by atoms with Crippen LogP contribution in [-0.4, -0.2) is 27.6 Å². The van der Waals surface area contributed by atoms with Gasteiger partial charge in [0, 0.05) is 24.8 Å². The van der Waals surface area contributed by atoms with E-state index in [4.69, 9.17) is 4.74 Å². The maximum Gasteiger partial charge on any atom is 0.269 e. The number of carbonyl (C=O) groups is 1. The molecule has 0 bridgehead atoms. The molecular weight excluding hydrogens is 332 g/mol. The van der Waals surface area contributed by atoms with Crippen molar-refractivity contribution in [1.29, 1.82) is 0 Å². The first kappa shape index (κ1) is 16.2. The van der Waals surface area contributed by atoms with E-state index in [9.17, 15) is 14.9 Å². The van der Waals surface area contributed by atoms with E-state index in [0.717, 1.165) is 24.5 Å². The van der Waals surface area contributed by atoms with Crippen LogP contribution in [0, 0.1) is 10.1 Å². The highest BCUT2D eigenvalue weighted by molar-refractivity contribution is 7.15. The van der Waals surface area contributed by atoms with E-state index in [1.54, 1.807) is 18.2 Å². The molecule has 1 aromatic heterocycles. The summed E-state index contributed by atoms with van der Waals surface area (Å²) in [7, 11) is 0. The second-order valence-electron chi connectivity index (χ2n) is 5.12. The van der Waals surface area contributed by atoms with Crippen molar-refractivity contribution in [3.63, 3.8) is 0 Å². The predicted octanol–water partition coefficient (Wildman–Crippen LogP) is 2.95. The summed E-state index contributed by atoms with van der Waals surface area (Å²) in [5.74, 6) is -0.344. The summed E-state index contributed by atoms with van der Waals surface area (Å²) in [5, 5.41) is 22.4. The Morgan fingerprint density at radius 2 is 2.17 bits per heavy atom. The van der Waals surface area contributed by atoms with Crippen molar-refractivity contribution in [1.82, 2.24) is 10.2 Å². The van der Waals surface area contributed by atoms with Crippen LogP contribution in [0.25, 0.3) is 6.08 Å². The van der Waals surface area contributed by atoms with Crippen molar-refractivity contribution in [2.45, 2.75) is 18.9 Å². The van der Waals surface area contributed by atoms with Gasteiger partial charge in [-0.1, -0.05) is 11.3 Å². The number of nitrogens with zero attached hydrogens (tertiary/aromatic N) is 3. The largest absolute Gasteiger partial charge is 0.371 e. The van der Waals surface area contributed by atoms with Crippen molar-refractivity contribution in [2.75, 3.05) is 11.9 Å². The van der Waals surface area contributed by atoms with E-state index in [2.05, 4.69) is 15.5 Å². The Bertz CT molecular complexity index is 766. The van der Waals surface area contributed by atoms with Gasteiger partial charge in [-0.2, -0.15) is 0 Å². The van der Waals surface area contributed by atoms with Gasteiger partial charge in [-0.15, -0.1) is 10.2 Å². The summed E-state index contributed by atoms with van der Waals surface area (Å²) in [6.07, 6.45) is 4.81. The third-order valence-electron chi connectivity index (χ3n) is 3.41. The monoisotopic (exact) mass is 346 g/mol. The van der Waals surface area contributed by atoms with Crippen LogP contribution in [0.3, 0.4) is 0 Å². The molecule has 1 N–H and O–H groups in total. The fourth-order valence-corrected chi connectivity index (χ4v) is 3.04. The van der Waals surface area contributed by atoms with Crippen LogP contribution >= 0.6 is 11.3 Å². The number of ether oxygens (including phenoxy) is 1. The number of benzene rings is 1. The highest BCUT2D eigenvalue weighted by Crippen LogP contribution is 2.31. The molecule has 0 aliphatic carbocycles. The number of rotatable bonds is 5. The Balaban J connectivity index is 1.57. The zero-order valence-electron chi connectivity index (χ0n) is 12.5. The lowest BCUT2D eigenvalue weighted by molar-refractivity contribution is -0.384. The summed E-state index contributed by atoms with van der Waals surface area (Å²) >= 11 is 1.30. The van der Waals surface area contributed by atoms with E-state index in [0.29, 0.717) is 10.7 Å². The van der Waals surface area contributed by atoms with Gasteiger partial charge in [-0.05, 0) is 36.6 Å². The Hall–Kier alpha value is -2.65. The molecule has 2 heterocycles. The van der Waals surface area contributed by atoms with Crippen molar-refractivity contribution < 1.29 is 14.5 Å². The molecule has 0 spiro atoms. The maximum absolute atomic E-state index is 11.9. The molecule has 2 aromatic rings. The molecule has 1 amide bonds. The smallest absolute Gasteiger partial charge is 0.269 e. The fourth-order valence-electron chi connectivity index (χ4n) is 2.21. The molecule has 1 aromatic carbocycles. The first-order valence-electron chi connectivity index (χ1n) is 7.30. The van der Waals surface area contributed by atoms with Gasteiger partial charge in [-0.3, -0.25) is 20.2 Å². The van der Waals surface area contributed by atoms with E-state index < -0.39 is 4.92 Å². The van der Waals surface area contributed by atoms with E-state index in [1.165, 1.54) is 29.5 Å². The van der Waals surface area contributed by atoms with Gasteiger partial charge in [0.1, 0.15) is 11.1 Å². The fraction of sp³-hybridized carbons (Fsp3) is 0.267. The number of hydrogen-bond donors (Lipinski definition) is 1. The van der Waals surface area contributed by atoms with Crippen LogP contribution in [0.15, 0.2) is 30.3 Å². The van der Waals surface area contributed by atoms with Gasteiger partial charge in [0.15, 0.2) is 0 Å². The van der Waals surface area contributed by atoms with Crippen LogP contribution in [-0.2, 0) is 9.53 Å². The number of nitrogens with one attached hydrogen (secondary N) is 1. The molecule has 0 radical (unpaired) electrons. The van der Waals surface area contributed by atoms with Gasteiger partial charge >= 0.3 is 0 Å². The number of nitro benzene ring substituents is 1. The third kappa shape index (κ3) is 4.00. The minimum absolute atomic E-state index is 0.00659. The second kappa shape index (κ2) is 7.28. The van der Waals surface area contributed by atoms with Crippen molar-refractivity contribution >= 4 is 34.1 Å². The highest BCUT2D eigenvalue weighted by Gasteiger charge is 2.22. The molecule has 1 fully saturated rings. The van der Waals surface area contributed by atoms with Gasteiger partial charge in [-0.25, -0.2) is 0 Å². The quantitative estimate of drug-likeness (QED) is 0.507. The summed E-state index contributed by atoms with van der Waals surface area (Å²) in [6.45, 7) is 0.726. The topological polar surface area (TPSA) is 107 Å². The van der Waals surface area contributed by atoms with Gasteiger partial charge in [0.05, 0.1) is 4.92 Å². The first-order valence-corrected chi connectivity index (χ1v) is 8.12. The van der Waals surface area contributed by atoms with Gasteiger partial charge < -0.3 is 4.74 Å². The van der Waals surface area contributed by atoms with Gasteiger partial charge in [0.2, 0.25) is 11.0 Å². The Morgan fingerprint density at radius 3 is 2.83 bits per heavy atom. The third-order valence-corrected chi connectivity index (χ3v) is 4.34. The van der Waals surface area contributed by atoms with Crippen LogP contribution in [0.4, 0.5) is 10.8 Å². The van der Waals surface area contributed by atoms with E-state index in [-0.39, 0.29) is 17.7 Å². The van der Waals surface area contributed by atoms with Crippen molar-refractivity contribution in [2.24, 2.45) is 0 Å². The zero-order chi connectivity index (χ0) is 16.9. The molecule has 1 unspecified atom stereocenters. The van der Waals surface area contributed by atoms with Crippen molar-refractivity contribution in [3.8, 4) is 0 Å². The van der Waals surface area contributed by atoms with Crippen LogP contribution in [0.1, 0.15) is 29.5 Å². The molecule has 0 saturated carbocycles. The second-order valence-corrected chi connectivity index (χ2v) is 6.13. The molecule has 9 heteroatoms. The number of non-ortho nitro benzene ring substituents is 1.